The fourth-order valence-corrected chi connectivity index (χ4v) is 3.44. The molecule has 1 aliphatic carbocycles. The number of carbonyl (C=O) groups excluding carboxylic acids is 1. The van der Waals surface area contributed by atoms with Crippen LogP contribution >= 0.6 is 0 Å². The monoisotopic (exact) mass is 316 g/mol. The van der Waals surface area contributed by atoms with Gasteiger partial charge in [0.15, 0.2) is 0 Å². The van der Waals surface area contributed by atoms with E-state index < -0.39 is 5.60 Å². The first-order valence-corrected chi connectivity index (χ1v) is 8.84. The van der Waals surface area contributed by atoms with Gasteiger partial charge in [0.05, 0.1) is 11.2 Å². The molecule has 4 heteroatoms. The Balaban J connectivity index is 1.72. The first-order chi connectivity index (χ1) is 11.0. The molecule has 2 fully saturated rings. The van der Waals surface area contributed by atoms with Crippen LogP contribution in [0.2, 0.25) is 0 Å². The molecule has 1 aromatic rings. The van der Waals surface area contributed by atoms with E-state index in [4.69, 9.17) is 0 Å². The summed E-state index contributed by atoms with van der Waals surface area (Å²) in [4.78, 5) is 14.9. The zero-order chi connectivity index (χ0) is 16.4. The first kappa shape index (κ1) is 16.3. The summed E-state index contributed by atoms with van der Waals surface area (Å²) in [6.45, 7) is 6.65. The van der Waals surface area contributed by atoms with Gasteiger partial charge in [-0.2, -0.15) is 0 Å². The standard InChI is InChI=1S/C19H28N2O2/c1-14(2)12-20-17-8-4-3-7-16(17)18(22)21-11-5-6-15(13-21)19(23)9-10-19/h3-4,7-8,14-15,20,23H,5-6,9-13H2,1-2H3. The highest BCUT2D eigenvalue weighted by Gasteiger charge is 2.49. The number of piperidine rings is 1. The number of hydrogen-bond donors (Lipinski definition) is 2. The Morgan fingerprint density at radius 2 is 2.13 bits per heavy atom. The van der Waals surface area contributed by atoms with E-state index in [1.54, 1.807) is 0 Å². The van der Waals surface area contributed by atoms with Gasteiger partial charge >= 0.3 is 0 Å². The summed E-state index contributed by atoms with van der Waals surface area (Å²) in [6, 6.07) is 7.76. The lowest BCUT2D eigenvalue weighted by Gasteiger charge is -2.35. The number of benzene rings is 1. The molecular weight excluding hydrogens is 288 g/mol. The third-order valence-corrected chi connectivity index (χ3v) is 5.09. The highest BCUT2D eigenvalue weighted by atomic mass is 16.3. The molecule has 23 heavy (non-hydrogen) atoms. The summed E-state index contributed by atoms with van der Waals surface area (Å²) in [5.41, 5.74) is 1.17. The molecule has 2 aliphatic rings. The maximum atomic E-state index is 13.0. The average Bonchev–Trinajstić information content (AvgIpc) is 3.32. The molecule has 1 aliphatic heterocycles. The lowest BCUT2D eigenvalue weighted by molar-refractivity contribution is 0.0282. The molecule has 4 nitrogen and oxygen atoms in total. The van der Waals surface area contributed by atoms with Crippen LogP contribution in [0, 0.1) is 11.8 Å². The van der Waals surface area contributed by atoms with Gasteiger partial charge in [0, 0.05) is 31.2 Å². The number of anilines is 1. The molecule has 2 N–H and O–H groups in total. The Morgan fingerprint density at radius 3 is 2.83 bits per heavy atom. The highest BCUT2D eigenvalue weighted by molar-refractivity contribution is 5.99. The maximum absolute atomic E-state index is 13.0. The van der Waals surface area contributed by atoms with Crippen LogP contribution < -0.4 is 5.32 Å². The van der Waals surface area contributed by atoms with Crippen molar-refractivity contribution >= 4 is 11.6 Å². The van der Waals surface area contributed by atoms with Gasteiger partial charge in [-0.05, 0) is 43.7 Å². The molecule has 1 aromatic carbocycles. The van der Waals surface area contributed by atoms with Gasteiger partial charge in [-0.15, -0.1) is 0 Å². The van der Waals surface area contributed by atoms with Crippen LogP contribution in [0.15, 0.2) is 24.3 Å². The minimum absolute atomic E-state index is 0.0887. The number of para-hydroxylation sites is 1. The van der Waals surface area contributed by atoms with Crippen LogP contribution in [-0.2, 0) is 0 Å². The van der Waals surface area contributed by atoms with Gasteiger partial charge in [0.2, 0.25) is 0 Å². The molecule has 1 amide bonds. The number of likely N-dealkylation sites (tertiary alicyclic amines) is 1. The van der Waals surface area contributed by atoms with E-state index in [1.807, 2.05) is 29.2 Å². The van der Waals surface area contributed by atoms with Crippen molar-refractivity contribution < 1.29 is 9.90 Å². The Morgan fingerprint density at radius 1 is 1.39 bits per heavy atom. The minimum Gasteiger partial charge on any atom is -0.390 e. The topological polar surface area (TPSA) is 52.6 Å². The van der Waals surface area contributed by atoms with Crippen molar-refractivity contribution in [2.24, 2.45) is 11.8 Å². The van der Waals surface area contributed by atoms with E-state index in [9.17, 15) is 9.90 Å². The third kappa shape index (κ3) is 3.69. The van der Waals surface area contributed by atoms with Gasteiger partial charge in [0.25, 0.3) is 5.91 Å². The van der Waals surface area contributed by atoms with Gasteiger partial charge in [0.1, 0.15) is 0 Å². The van der Waals surface area contributed by atoms with Crippen molar-refractivity contribution in [1.29, 1.82) is 0 Å². The Kier molecular flexibility index (Phi) is 4.62. The molecule has 126 valence electrons. The number of nitrogens with one attached hydrogen (secondary N) is 1. The highest BCUT2D eigenvalue weighted by Crippen LogP contribution is 2.45. The smallest absolute Gasteiger partial charge is 0.255 e. The number of rotatable bonds is 5. The molecule has 0 spiro atoms. The van der Waals surface area contributed by atoms with E-state index in [0.717, 1.165) is 50.0 Å². The molecule has 0 radical (unpaired) electrons. The summed E-state index contributed by atoms with van der Waals surface area (Å²) >= 11 is 0. The van der Waals surface area contributed by atoms with Crippen LogP contribution in [0.25, 0.3) is 0 Å². The Hall–Kier alpha value is -1.55. The number of aliphatic hydroxyl groups is 1. The molecule has 1 atom stereocenters. The number of carbonyl (C=O) groups is 1. The van der Waals surface area contributed by atoms with Gasteiger partial charge < -0.3 is 15.3 Å². The van der Waals surface area contributed by atoms with E-state index in [1.165, 1.54) is 0 Å². The number of amides is 1. The Labute approximate surface area is 138 Å². The van der Waals surface area contributed by atoms with Crippen molar-refractivity contribution in [3.63, 3.8) is 0 Å². The van der Waals surface area contributed by atoms with Crippen LogP contribution in [0.5, 0.6) is 0 Å². The minimum atomic E-state index is -0.492. The zero-order valence-corrected chi connectivity index (χ0v) is 14.2. The van der Waals surface area contributed by atoms with Crippen molar-refractivity contribution in [2.75, 3.05) is 25.0 Å². The lowest BCUT2D eigenvalue weighted by Crippen LogP contribution is -2.44. The summed E-state index contributed by atoms with van der Waals surface area (Å²) in [5, 5.41) is 13.8. The normalized spacial score (nSPS) is 23.0. The van der Waals surface area contributed by atoms with E-state index >= 15 is 0 Å². The summed E-state index contributed by atoms with van der Waals surface area (Å²) in [5.74, 6) is 0.864. The second-order valence-corrected chi connectivity index (χ2v) is 7.51. The second-order valence-electron chi connectivity index (χ2n) is 7.51. The molecule has 0 aromatic heterocycles. The number of nitrogens with zero attached hydrogens (tertiary/aromatic N) is 1. The molecule has 1 saturated carbocycles. The van der Waals surface area contributed by atoms with Crippen molar-refractivity contribution in [3.05, 3.63) is 29.8 Å². The summed E-state index contributed by atoms with van der Waals surface area (Å²) in [7, 11) is 0. The van der Waals surface area contributed by atoms with Crippen LogP contribution in [0.3, 0.4) is 0 Å². The van der Waals surface area contributed by atoms with Crippen LogP contribution in [0.1, 0.15) is 49.9 Å². The lowest BCUT2D eigenvalue weighted by atomic mass is 9.90. The summed E-state index contributed by atoms with van der Waals surface area (Å²) < 4.78 is 0. The largest absolute Gasteiger partial charge is 0.390 e. The van der Waals surface area contributed by atoms with E-state index in [2.05, 4.69) is 19.2 Å². The molecule has 1 unspecified atom stereocenters. The van der Waals surface area contributed by atoms with Gasteiger partial charge in [-0.3, -0.25) is 4.79 Å². The average molecular weight is 316 g/mol. The molecule has 3 rings (SSSR count). The molecular formula is C19H28N2O2. The van der Waals surface area contributed by atoms with Crippen LogP contribution in [0.4, 0.5) is 5.69 Å². The fraction of sp³-hybridized carbons (Fsp3) is 0.632. The van der Waals surface area contributed by atoms with Gasteiger partial charge in [-0.1, -0.05) is 26.0 Å². The fourth-order valence-electron chi connectivity index (χ4n) is 3.44. The molecule has 1 saturated heterocycles. The van der Waals surface area contributed by atoms with Crippen molar-refractivity contribution in [1.82, 2.24) is 4.90 Å². The van der Waals surface area contributed by atoms with Gasteiger partial charge in [-0.25, -0.2) is 0 Å². The van der Waals surface area contributed by atoms with Crippen LogP contribution in [-0.4, -0.2) is 41.1 Å². The van der Waals surface area contributed by atoms with Crippen molar-refractivity contribution in [3.8, 4) is 0 Å². The van der Waals surface area contributed by atoms with Crippen molar-refractivity contribution in [2.45, 2.75) is 45.1 Å². The quantitative estimate of drug-likeness (QED) is 0.877. The Bertz CT molecular complexity index is 566. The third-order valence-electron chi connectivity index (χ3n) is 5.09. The second kappa shape index (κ2) is 6.52. The molecule has 1 heterocycles. The number of hydrogen-bond acceptors (Lipinski definition) is 3. The maximum Gasteiger partial charge on any atom is 0.255 e. The van der Waals surface area contributed by atoms with E-state index in [-0.39, 0.29) is 11.8 Å². The predicted octanol–water partition coefficient (Wildman–Crippen LogP) is 3.13. The zero-order valence-electron chi connectivity index (χ0n) is 14.2. The predicted molar refractivity (Wildman–Crippen MR) is 92.6 cm³/mol. The van der Waals surface area contributed by atoms with E-state index in [0.29, 0.717) is 12.5 Å². The first-order valence-electron chi connectivity index (χ1n) is 8.84. The molecule has 0 bridgehead atoms. The summed E-state index contributed by atoms with van der Waals surface area (Å²) in [6.07, 6.45) is 3.81. The SMILES string of the molecule is CC(C)CNc1ccccc1C(=O)N1CCCC(C2(O)CC2)C1.